The molecule has 1 aliphatic rings. The van der Waals surface area contributed by atoms with Gasteiger partial charge in [0.15, 0.2) is 0 Å². The van der Waals surface area contributed by atoms with E-state index < -0.39 is 0 Å². The fraction of sp³-hybridized carbons (Fsp3) is 0.250. The summed E-state index contributed by atoms with van der Waals surface area (Å²) in [4.78, 5) is 22.6. The third kappa shape index (κ3) is 2.75. The molecule has 3 rings (SSSR count). The van der Waals surface area contributed by atoms with E-state index in [0.29, 0.717) is 17.0 Å². The largest absolute Gasteiger partial charge is 0.337 e. The van der Waals surface area contributed by atoms with E-state index >= 15 is 0 Å². The molecule has 21 heavy (non-hydrogen) atoms. The van der Waals surface area contributed by atoms with E-state index in [0.717, 1.165) is 31.5 Å². The van der Waals surface area contributed by atoms with Crippen molar-refractivity contribution in [3.05, 3.63) is 47.9 Å². The number of carbonyl (C=O) groups is 1. The lowest BCUT2D eigenvalue weighted by atomic mass is 10.1. The molecule has 1 amide bonds. The Morgan fingerprint density at radius 1 is 1.24 bits per heavy atom. The maximum Gasteiger partial charge on any atom is 0.274 e. The summed E-state index contributed by atoms with van der Waals surface area (Å²) in [5, 5.41) is 8.95. The second-order valence-corrected chi connectivity index (χ2v) is 4.98. The summed E-state index contributed by atoms with van der Waals surface area (Å²) in [5.41, 5.74) is 2.32. The molecular weight excluding hydrogens is 264 g/mol. The lowest BCUT2D eigenvalue weighted by Gasteiger charge is -2.14. The van der Waals surface area contributed by atoms with Crippen molar-refractivity contribution in [1.29, 1.82) is 5.26 Å². The molecule has 0 radical (unpaired) electrons. The average molecular weight is 278 g/mol. The molecular formula is C16H14N4O. The van der Waals surface area contributed by atoms with Gasteiger partial charge in [-0.25, -0.2) is 4.98 Å². The van der Waals surface area contributed by atoms with Crippen molar-refractivity contribution in [3.8, 4) is 17.3 Å². The van der Waals surface area contributed by atoms with Gasteiger partial charge in [-0.15, -0.1) is 0 Å². The molecule has 0 bridgehead atoms. The zero-order chi connectivity index (χ0) is 14.7. The van der Waals surface area contributed by atoms with Crippen LogP contribution in [0.4, 0.5) is 0 Å². The van der Waals surface area contributed by atoms with Crippen molar-refractivity contribution in [2.45, 2.75) is 12.8 Å². The van der Waals surface area contributed by atoms with Crippen LogP contribution in [0.3, 0.4) is 0 Å². The van der Waals surface area contributed by atoms with E-state index in [9.17, 15) is 4.79 Å². The van der Waals surface area contributed by atoms with Gasteiger partial charge in [-0.1, -0.05) is 12.1 Å². The van der Waals surface area contributed by atoms with Gasteiger partial charge in [-0.05, 0) is 25.0 Å². The highest BCUT2D eigenvalue weighted by atomic mass is 16.2. The zero-order valence-electron chi connectivity index (χ0n) is 11.5. The van der Waals surface area contributed by atoms with Crippen LogP contribution in [0.25, 0.3) is 11.3 Å². The van der Waals surface area contributed by atoms with Gasteiger partial charge in [-0.2, -0.15) is 5.26 Å². The molecule has 1 saturated heterocycles. The first-order valence-corrected chi connectivity index (χ1v) is 6.90. The van der Waals surface area contributed by atoms with Crippen LogP contribution in [0, 0.1) is 11.3 Å². The second-order valence-electron chi connectivity index (χ2n) is 4.98. The smallest absolute Gasteiger partial charge is 0.274 e. The standard InChI is InChI=1S/C16H14N4O/c17-9-12-4-3-5-13(8-12)14-10-18-11-15(19-14)16(21)20-6-1-2-7-20/h3-5,8,10-11H,1-2,6-7H2. The quantitative estimate of drug-likeness (QED) is 0.844. The Kier molecular flexibility index (Phi) is 3.61. The number of rotatable bonds is 2. The summed E-state index contributed by atoms with van der Waals surface area (Å²) >= 11 is 0. The van der Waals surface area contributed by atoms with Crippen LogP contribution in [-0.2, 0) is 0 Å². The minimum atomic E-state index is -0.0710. The van der Waals surface area contributed by atoms with Crippen molar-refractivity contribution >= 4 is 5.91 Å². The van der Waals surface area contributed by atoms with Gasteiger partial charge < -0.3 is 4.90 Å². The molecule has 0 saturated carbocycles. The summed E-state index contributed by atoms with van der Waals surface area (Å²) in [7, 11) is 0. The molecule has 1 aliphatic heterocycles. The molecule has 1 fully saturated rings. The molecule has 1 aromatic carbocycles. The van der Waals surface area contributed by atoms with Crippen LogP contribution in [0.2, 0.25) is 0 Å². The first-order chi connectivity index (χ1) is 10.3. The van der Waals surface area contributed by atoms with Crippen molar-refractivity contribution in [1.82, 2.24) is 14.9 Å². The van der Waals surface area contributed by atoms with Crippen molar-refractivity contribution in [2.24, 2.45) is 0 Å². The van der Waals surface area contributed by atoms with Gasteiger partial charge >= 0.3 is 0 Å². The van der Waals surface area contributed by atoms with Crippen molar-refractivity contribution < 1.29 is 4.79 Å². The van der Waals surface area contributed by atoms with Crippen LogP contribution in [0.15, 0.2) is 36.7 Å². The molecule has 2 aromatic rings. The molecule has 0 spiro atoms. The van der Waals surface area contributed by atoms with Crippen LogP contribution in [-0.4, -0.2) is 33.9 Å². The fourth-order valence-corrected chi connectivity index (χ4v) is 2.44. The van der Waals surface area contributed by atoms with Gasteiger partial charge in [0.2, 0.25) is 0 Å². The monoisotopic (exact) mass is 278 g/mol. The number of amides is 1. The Morgan fingerprint density at radius 3 is 2.81 bits per heavy atom. The third-order valence-corrected chi connectivity index (χ3v) is 3.53. The molecule has 0 N–H and O–H groups in total. The van der Waals surface area contributed by atoms with Gasteiger partial charge in [0, 0.05) is 18.7 Å². The first kappa shape index (κ1) is 13.3. The highest BCUT2D eigenvalue weighted by Gasteiger charge is 2.21. The van der Waals surface area contributed by atoms with Crippen LogP contribution in [0.1, 0.15) is 28.9 Å². The highest BCUT2D eigenvalue weighted by molar-refractivity contribution is 5.92. The van der Waals surface area contributed by atoms with E-state index in [1.165, 1.54) is 6.20 Å². The predicted molar refractivity (Wildman–Crippen MR) is 77.3 cm³/mol. The molecule has 0 atom stereocenters. The molecule has 104 valence electrons. The summed E-state index contributed by atoms with van der Waals surface area (Å²) in [5.74, 6) is -0.0710. The van der Waals surface area contributed by atoms with Crippen LogP contribution < -0.4 is 0 Å². The average Bonchev–Trinajstić information content (AvgIpc) is 3.09. The molecule has 2 heterocycles. The lowest BCUT2D eigenvalue weighted by molar-refractivity contribution is 0.0786. The second kappa shape index (κ2) is 5.71. The minimum absolute atomic E-state index is 0.0710. The number of hydrogen-bond donors (Lipinski definition) is 0. The number of nitriles is 1. The summed E-state index contributed by atoms with van der Waals surface area (Å²) in [6.07, 6.45) is 5.20. The van der Waals surface area contributed by atoms with Gasteiger partial charge in [0.25, 0.3) is 5.91 Å². The SMILES string of the molecule is N#Cc1cccc(-c2cncc(C(=O)N3CCCC3)n2)c1. The van der Waals surface area contributed by atoms with Gasteiger partial charge in [0.05, 0.1) is 29.7 Å². The molecule has 0 aliphatic carbocycles. The van der Waals surface area contributed by atoms with E-state index in [1.807, 2.05) is 6.07 Å². The van der Waals surface area contributed by atoms with Crippen molar-refractivity contribution in [2.75, 3.05) is 13.1 Å². The Morgan fingerprint density at radius 2 is 2.05 bits per heavy atom. The van der Waals surface area contributed by atoms with Crippen LogP contribution >= 0.6 is 0 Å². The lowest BCUT2D eigenvalue weighted by Crippen LogP contribution is -2.28. The normalized spacial score (nSPS) is 14.0. The summed E-state index contributed by atoms with van der Waals surface area (Å²) in [6.45, 7) is 1.57. The number of likely N-dealkylation sites (tertiary alicyclic amines) is 1. The van der Waals surface area contributed by atoms with E-state index in [2.05, 4.69) is 16.0 Å². The minimum Gasteiger partial charge on any atom is -0.337 e. The predicted octanol–water partition coefficient (Wildman–Crippen LogP) is 2.25. The Hall–Kier alpha value is -2.74. The Labute approximate surface area is 122 Å². The molecule has 1 aromatic heterocycles. The maximum absolute atomic E-state index is 12.3. The number of hydrogen-bond acceptors (Lipinski definition) is 4. The third-order valence-electron chi connectivity index (χ3n) is 3.53. The van der Waals surface area contributed by atoms with Gasteiger partial charge in [0.1, 0.15) is 5.69 Å². The number of aromatic nitrogens is 2. The maximum atomic E-state index is 12.3. The number of carbonyl (C=O) groups excluding carboxylic acids is 1. The first-order valence-electron chi connectivity index (χ1n) is 6.90. The summed E-state index contributed by atoms with van der Waals surface area (Å²) < 4.78 is 0. The van der Waals surface area contributed by atoms with Gasteiger partial charge in [-0.3, -0.25) is 9.78 Å². The molecule has 5 heteroatoms. The number of nitrogens with zero attached hydrogens (tertiary/aromatic N) is 4. The summed E-state index contributed by atoms with van der Waals surface area (Å²) in [6, 6.07) is 9.22. The highest BCUT2D eigenvalue weighted by Crippen LogP contribution is 2.18. The number of benzene rings is 1. The topological polar surface area (TPSA) is 69.9 Å². The zero-order valence-corrected chi connectivity index (χ0v) is 11.5. The molecule has 0 unspecified atom stereocenters. The van der Waals surface area contributed by atoms with Crippen molar-refractivity contribution in [3.63, 3.8) is 0 Å². The van der Waals surface area contributed by atoms with Crippen LogP contribution in [0.5, 0.6) is 0 Å². The van der Waals surface area contributed by atoms with E-state index in [1.54, 1.807) is 29.3 Å². The Bertz CT molecular complexity index is 714. The fourth-order valence-electron chi connectivity index (χ4n) is 2.44. The molecule has 5 nitrogen and oxygen atoms in total. The Balaban J connectivity index is 1.92. The van der Waals surface area contributed by atoms with E-state index in [-0.39, 0.29) is 5.91 Å². The van der Waals surface area contributed by atoms with E-state index in [4.69, 9.17) is 5.26 Å².